The second-order valence-corrected chi connectivity index (χ2v) is 2.83. The van der Waals surface area contributed by atoms with Crippen molar-refractivity contribution >= 4 is 12.0 Å². The van der Waals surface area contributed by atoms with Gasteiger partial charge in [-0.2, -0.15) is 4.99 Å². The number of aliphatic imine (C=N–C) groups is 1. The van der Waals surface area contributed by atoms with Crippen LogP contribution in [0.2, 0.25) is 0 Å². The molecule has 0 heterocycles. The van der Waals surface area contributed by atoms with Crippen molar-refractivity contribution in [3.8, 4) is 0 Å². The zero-order valence-electron chi connectivity index (χ0n) is 8.03. The molecule has 0 aliphatic rings. The fourth-order valence-electron chi connectivity index (χ4n) is 0.907. The van der Waals surface area contributed by atoms with Gasteiger partial charge in [-0.3, -0.25) is 5.73 Å². The summed E-state index contributed by atoms with van der Waals surface area (Å²) >= 11 is 0. The first-order valence-electron chi connectivity index (χ1n) is 3.99. The molecule has 0 aliphatic heterocycles. The summed E-state index contributed by atoms with van der Waals surface area (Å²) in [5, 5.41) is 0. The third kappa shape index (κ3) is 2.37. The SMILES string of the molecule is CC[C@H](C)[C@@](N)(N=C=O)C(=O)OC. The van der Waals surface area contributed by atoms with Gasteiger partial charge in [-0.1, -0.05) is 13.8 Å². The Labute approximate surface area is 77.0 Å². The first-order chi connectivity index (χ1) is 6.02. The van der Waals surface area contributed by atoms with E-state index in [0.29, 0.717) is 6.42 Å². The molecule has 2 atom stereocenters. The molecule has 0 aromatic carbocycles. The average molecular weight is 186 g/mol. The van der Waals surface area contributed by atoms with Crippen molar-refractivity contribution in [3.05, 3.63) is 0 Å². The number of nitrogens with zero attached hydrogens (tertiary/aromatic N) is 1. The first kappa shape index (κ1) is 11.8. The average Bonchev–Trinajstić information content (AvgIpc) is 2.15. The molecule has 0 saturated carbocycles. The van der Waals surface area contributed by atoms with Crippen LogP contribution >= 0.6 is 0 Å². The Hall–Kier alpha value is -1.19. The smallest absolute Gasteiger partial charge is 0.349 e. The van der Waals surface area contributed by atoms with E-state index in [1.165, 1.54) is 13.2 Å². The van der Waals surface area contributed by atoms with Crippen molar-refractivity contribution in [2.75, 3.05) is 7.11 Å². The number of rotatable bonds is 4. The highest BCUT2D eigenvalue weighted by atomic mass is 16.5. The third-order valence-corrected chi connectivity index (χ3v) is 2.11. The molecular formula is C8H14N2O3. The number of carbonyl (C=O) groups is 1. The fraction of sp³-hybridized carbons (Fsp3) is 0.750. The summed E-state index contributed by atoms with van der Waals surface area (Å²) in [6, 6.07) is 0. The Kier molecular flexibility index (Phi) is 4.31. The molecule has 0 radical (unpaired) electrons. The highest BCUT2D eigenvalue weighted by Gasteiger charge is 2.40. The molecule has 0 unspecified atom stereocenters. The lowest BCUT2D eigenvalue weighted by atomic mass is 9.93. The van der Waals surface area contributed by atoms with Gasteiger partial charge in [0.15, 0.2) is 0 Å². The molecule has 0 aromatic rings. The van der Waals surface area contributed by atoms with E-state index in [9.17, 15) is 9.59 Å². The van der Waals surface area contributed by atoms with E-state index >= 15 is 0 Å². The lowest BCUT2D eigenvalue weighted by Crippen LogP contribution is -2.52. The van der Waals surface area contributed by atoms with Crippen LogP contribution in [0.1, 0.15) is 20.3 Å². The molecule has 0 aromatic heterocycles. The second-order valence-electron chi connectivity index (χ2n) is 2.83. The van der Waals surface area contributed by atoms with E-state index in [1.807, 2.05) is 6.92 Å². The third-order valence-electron chi connectivity index (χ3n) is 2.11. The number of hydrogen-bond donors (Lipinski definition) is 1. The largest absolute Gasteiger partial charge is 0.466 e. The van der Waals surface area contributed by atoms with Gasteiger partial charge in [0.1, 0.15) is 0 Å². The van der Waals surface area contributed by atoms with Crippen LogP contribution in [0.25, 0.3) is 0 Å². The second kappa shape index (κ2) is 4.74. The first-order valence-corrected chi connectivity index (χ1v) is 3.99. The Morgan fingerprint density at radius 1 is 1.77 bits per heavy atom. The zero-order chi connectivity index (χ0) is 10.5. The molecule has 0 fully saturated rings. The Morgan fingerprint density at radius 3 is 2.62 bits per heavy atom. The van der Waals surface area contributed by atoms with E-state index in [2.05, 4.69) is 9.73 Å². The van der Waals surface area contributed by atoms with Crippen LogP contribution in [0.3, 0.4) is 0 Å². The Balaban J connectivity index is 4.92. The summed E-state index contributed by atoms with van der Waals surface area (Å²) < 4.78 is 4.45. The summed E-state index contributed by atoms with van der Waals surface area (Å²) in [6.45, 7) is 3.56. The Bertz CT molecular complexity index is 236. The summed E-state index contributed by atoms with van der Waals surface area (Å²) in [6.07, 6.45) is 1.91. The van der Waals surface area contributed by atoms with Gasteiger partial charge in [-0.15, -0.1) is 0 Å². The van der Waals surface area contributed by atoms with Gasteiger partial charge in [0.25, 0.3) is 0 Å². The van der Waals surface area contributed by atoms with Gasteiger partial charge in [-0.05, 0) is 6.42 Å². The number of ether oxygens (including phenoxy) is 1. The molecule has 0 amide bonds. The van der Waals surface area contributed by atoms with Crippen molar-refractivity contribution in [3.63, 3.8) is 0 Å². The number of esters is 1. The molecule has 2 N–H and O–H groups in total. The van der Waals surface area contributed by atoms with Crippen molar-refractivity contribution in [1.82, 2.24) is 0 Å². The molecule has 0 rings (SSSR count). The van der Waals surface area contributed by atoms with Crippen molar-refractivity contribution in [2.24, 2.45) is 16.6 Å². The number of methoxy groups -OCH3 is 1. The van der Waals surface area contributed by atoms with Gasteiger partial charge in [0.2, 0.25) is 11.7 Å². The van der Waals surface area contributed by atoms with Crippen molar-refractivity contribution in [2.45, 2.75) is 25.9 Å². The summed E-state index contributed by atoms with van der Waals surface area (Å²) in [5.74, 6) is -0.980. The van der Waals surface area contributed by atoms with Gasteiger partial charge in [0.05, 0.1) is 7.11 Å². The normalized spacial score (nSPS) is 16.6. The maximum absolute atomic E-state index is 11.2. The monoisotopic (exact) mass is 186 g/mol. The highest BCUT2D eigenvalue weighted by molar-refractivity contribution is 5.81. The molecule has 0 aliphatic carbocycles. The van der Waals surface area contributed by atoms with Crippen LogP contribution in [0.15, 0.2) is 4.99 Å². The molecule has 0 spiro atoms. The van der Waals surface area contributed by atoms with Crippen LogP contribution < -0.4 is 5.73 Å². The van der Waals surface area contributed by atoms with Crippen LogP contribution in [0.5, 0.6) is 0 Å². The highest BCUT2D eigenvalue weighted by Crippen LogP contribution is 2.20. The predicted molar refractivity (Wildman–Crippen MR) is 46.5 cm³/mol. The van der Waals surface area contributed by atoms with E-state index in [-0.39, 0.29) is 5.92 Å². The molecule has 74 valence electrons. The van der Waals surface area contributed by atoms with Crippen LogP contribution in [-0.4, -0.2) is 24.8 Å². The Morgan fingerprint density at radius 2 is 2.31 bits per heavy atom. The standard InChI is InChI=1S/C8H14N2O3/c1-4-6(2)8(9,10-5-11)7(12)13-3/h6H,4,9H2,1-3H3/t6-,8+/m0/s1. The lowest BCUT2D eigenvalue weighted by molar-refractivity contribution is -0.148. The van der Waals surface area contributed by atoms with E-state index in [0.717, 1.165) is 0 Å². The van der Waals surface area contributed by atoms with E-state index in [1.54, 1.807) is 6.92 Å². The minimum atomic E-state index is -1.59. The van der Waals surface area contributed by atoms with Crippen molar-refractivity contribution in [1.29, 1.82) is 0 Å². The topological polar surface area (TPSA) is 81.8 Å². The van der Waals surface area contributed by atoms with Gasteiger partial charge < -0.3 is 4.74 Å². The zero-order valence-corrected chi connectivity index (χ0v) is 8.03. The minimum Gasteiger partial charge on any atom is -0.466 e. The molecule has 13 heavy (non-hydrogen) atoms. The van der Waals surface area contributed by atoms with Crippen LogP contribution in [0, 0.1) is 5.92 Å². The van der Waals surface area contributed by atoms with Crippen molar-refractivity contribution < 1.29 is 14.3 Å². The predicted octanol–water partition coefficient (Wildman–Crippen LogP) is 0.196. The summed E-state index contributed by atoms with van der Waals surface area (Å²) in [5.41, 5.74) is 4.02. The maximum atomic E-state index is 11.2. The summed E-state index contributed by atoms with van der Waals surface area (Å²) in [7, 11) is 1.20. The quantitative estimate of drug-likeness (QED) is 0.386. The molecule has 5 heteroatoms. The molecule has 0 saturated heterocycles. The summed E-state index contributed by atoms with van der Waals surface area (Å²) in [4.78, 5) is 24.6. The van der Waals surface area contributed by atoms with E-state index < -0.39 is 11.6 Å². The van der Waals surface area contributed by atoms with Gasteiger partial charge in [-0.25, -0.2) is 9.59 Å². The molecular weight excluding hydrogens is 172 g/mol. The van der Waals surface area contributed by atoms with Gasteiger partial charge >= 0.3 is 5.97 Å². The molecule has 5 nitrogen and oxygen atoms in total. The maximum Gasteiger partial charge on any atom is 0.349 e. The van der Waals surface area contributed by atoms with Crippen LogP contribution in [0.4, 0.5) is 0 Å². The number of nitrogens with two attached hydrogens (primary N) is 1. The lowest BCUT2D eigenvalue weighted by Gasteiger charge is -2.25. The van der Waals surface area contributed by atoms with Gasteiger partial charge in [0, 0.05) is 5.92 Å². The number of hydrogen-bond acceptors (Lipinski definition) is 5. The fourth-order valence-corrected chi connectivity index (χ4v) is 0.907. The number of carbonyl (C=O) groups excluding carboxylic acids is 2. The van der Waals surface area contributed by atoms with Crippen LogP contribution in [-0.2, 0) is 14.3 Å². The molecule has 0 bridgehead atoms. The van der Waals surface area contributed by atoms with E-state index in [4.69, 9.17) is 5.73 Å². The number of isocyanates is 1. The minimum absolute atomic E-state index is 0.263.